The summed E-state index contributed by atoms with van der Waals surface area (Å²) in [6.07, 6.45) is 7.23. The fourth-order valence-electron chi connectivity index (χ4n) is 3.99. The molecule has 7 heteroatoms. The molecule has 1 N–H and O–H groups in total. The van der Waals surface area contributed by atoms with Crippen molar-refractivity contribution in [1.29, 1.82) is 0 Å². The first-order valence-corrected chi connectivity index (χ1v) is 11.1. The minimum Gasteiger partial charge on any atom is -0.493 e. The predicted molar refractivity (Wildman–Crippen MR) is 132 cm³/mol. The third-order valence-corrected chi connectivity index (χ3v) is 5.74. The van der Waals surface area contributed by atoms with Gasteiger partial charge in [0.2, 0.25) is 5.75 Å². The molecule has 0 aliphatic carbocycles. The Labute approximate surface area is 194 Å². The maximum absolute atomic E-state index is 5.47. The van der Waals surface area contributed by atoms with Crippen LogP contribution < -0.4 is 19.5 Å². The molecule has 3 aromatic rings. The van der Waals surface area contributed by atoms with Crippen molar-refractivity contribution in [2.75, 3.05) is 59.5 Å². The lowest BCUT2D eigenvalue weighted by Crippen LogP contribution is -2.36. The van der Waals surface area contributed by atoms with E-state index < -0.39 is 0 Å². The van der Waals surface area contributed by atoms with Gasteiger partial charge in [0, 0.05) is 54.7 Å². The number of anilines is 2. The van der Waals surface area contributed by atoms with E-state index in [9.17, 15) is 0 Å². The van der Waals surface area contributed by atoms with Crippen molar-refractivity contribution >= 4 is 28.4 Å². The van der Waals surface area contributed by atoms with Gasteiger partial charge in [-0.15, -0.1) is 0 Å². The monoisotopic (exact) mass is 449 g/mol. The highest BCUT2D eigenvalue weighted by molar-refractivity contribution is 5.94. The van der Waals surface area contributed by atoms with Crippen molar-refractivity contribution in [2.24, 2.45) is 0 Å². The van der Waals surface area contributed by atoms with Gasteiger partial charge in [-0.2, -0.15) is 0 Å². The molecule has 0 spiro atoms. The van der Waals surface area contributed by atoms with Crippen LogP contribution in [0.25, 0.3) is 17.0 Å². The number of benzene rings is 2. The molecule has 0 unspecified atom stereocenters. The number of nitrogens with one attached hydrogen (secondary N) is 1. The lowest BCUT2D eigenvalue weighted by molar-refractivity contribution is 0.0387. The quantitative estimate of drug-likeness (QED) is 0.506. The van der Waals surface area contributed by atoms with E-state index in [1.807, 2.05) is 24.4 Å². The first kappa shape index (κ1) is 22.9. The van der Waals surface area contributed by atoms with E-state index >= 15 is 0 Å². The molecular weight excluding hydrogens is 418 g/mol. The second-order valence-corrected chi connectivity index (χ2v) is 7.82. The van der Waals surface area contributed by atoms with Crippen LogP contribution in [0.5, 0.6) is 17.2 Å². The molecule has 0 bridgehead atoms. The van der Waals surface area contributed by atoms with E-state index in [0.717, 1.165) is 67.1 Å². The smallest absolute Gasteiger partial charge is 0.203 e. The van der Waals surface area contributed by atoms with E-state index in [4.69, 9.17) is 18.9 Å². The van der Waals surface area contributed by atoms with E-state index in [2.05, 4.69) is 45.6 Å². The van der Waals surface area contributed by atoms with Crippen LogP contribution in [0.4, 0.5) is 11.4 Å². The Morgan fingerprint density at radius 1 is 1.00 bits per heavy atom. The molecular formula is C26H31N3O4. The standard InChI is InChI=1S/C26H31N3O4/c1-30-24-17-20(18-25(31-2)26(24)32-3)28-22-9-10-27-23-16-19(7-8-21(22)23)6-4-5-11-29-12-14-33-15-13-29/h4,6-10,16-18H,5,11-15H2,1-3H3,(H,27,28)/b6-4+. The number of morpholine rings is 1. The normalized spacial score (nSPS) is 14.5. The van der Waals surface area contributed by atoms with Gasteiger partial charge in [-0.25, -0.2) is 0 Å². The summed E-state index contributed by atoms with van der Waals surface area (Å²) in [5.41, 5.74) is 3.87. The van der Waals surface area contributed by atoms with Gasteiger partial charge in [-0.3, -0.25) is 9.88 Å². The Kier molecular flexibility index (Phi) is 7.65. The topological polar surface area (TPSA) is 65.1 Å². The van der Waals surface area contributed by atoms with Crippen molar-refractivity contribution < 1.29 is 18.9 Å². The first-order chi connectivity index (χ1) is 16.2. The summed E-state index contributed by atoms with van der Waals surface area (Å²) < 4.78 is 21.8. The highest BCUT2D eigenvalue weighted by Crippen LogP contribution is 2.41. The van der Waals surface area contributed by atoms with Gasteiger partial charge in [0.1, 0.15) is 0 Å². The Morgan fingerprint density at radius 2 is 1.76 bits per heavy atom. The lowest BCUT2D eigenvalue weighted by Gasteiger charge is -2.25. The van der Waals surface area contributed by atoms with E-state index in [-0.39, 0.29) is 0 Å². The summed E-state index contributed by atoms with van der Waals surface area (Å²) in [4.78, 5) is 7.02. The average Bonchev–Trinajstić information content (AvgIpc) is 2.86. The average molecular weight is 450 g/mol. The van der Waals surface area contributed by atoms with Gasteiger partial charge in [0.15, 0.2) is 11.5 Å². The van der Waals surface area contributed by atoms with Gasteiger partial charge in [-0.1, -0.05) is 24.3 Å². The van der Waals surface area contributed by atoms with Crippen LogP contribution in [0, 0.1) is 0 Å². The fourth-order valence-corrected chi connectivity index (χ4v) is 3.99. The van der Waals surface area contributed by atoms with Crippen LogP contribution in [0.1, 0.15) is 12.0 Å². The molecule has 7 nitrogen and oxygen atoms in total. The van der Waals surface area contributed by atoms with Crippen LogP contribution in [-0.4, -0.2) is 64.1 Å². The maximum Gasteiger partial charge on any atom is 0.203 e. The van der Waals surface area contributed by atoms with Gasteiger partial charge >= 0.3 is 0 Å². The summed E-state index contributed by atoms with van der Waals surface area (Å²) in [5, 5.41) is 4.51. The number of pyridine rings is 1. The minimum atomic E-state index is 0.565. The third-order valence-electron chi connectivity index (χ3n) is 5.74. The molecule has 4 rings (SSSR count). The van der Waals surface area contributed by atoms with Gasteiger partial charge in [0.25, 0.3) is 0 Å². The molecule has 1 aromatic heterocycles. The van der Waals surface area contributed by atoms with Crippen molar-refractivity contribution in [3.05, 3.63) is 54.2 Å². The first-order valence-electron chi connectivity index (χ1n) is 11.1. The van der Waals surface area contributed by atoms with Crippen LogP contribution in [0.2, 0.25) is 0 Å². The fraction of sp³-hybridized carbons (Fsp3) is 0.346. The Hall–Kier alpha value is -3.29. The third kappa shape index (κ3) is 5.56. The lowest BCUT2D eigenvalue weighted by atomic mass is 10.1. The zero-order valence-electron chi connectivity index (χ0n) is 19.5. The number of fused-ring (bicyclic) bond motifs is 1. The number of rotatable bonds is 9. The summed E-state index contributed by atoms with van der Waals surface area (Å²) in [6.45, 7) is 4.79. The Balaban J connectivity index is 1.50. The molecule has 1 aliphatic heterocycles. The highest BCUT2D eigenvalue weighted by atomic mass is 16.5. The van der Waals surface area contributed by atoms with Gasteiger partial charge < -0.3 is 24.3 Å². The zero-order valence-corrected chi connectivity index (χ0v) is 19.5. The largest absolute Gasteiger partial charge is 0.493 e. The van der Waals surface area contributed by atoms with Crippen molar-refractivity contribution in [2.45, 2.75) is 6.42 Å². The van der Waals surface area contributed by atoms with E-state index in [0.29, 0.717) is 17.2 Å². The highest BCUT2D eigenvalue weighted by Gasteiger charge is 2.14. The molecule has 2 aromatic carbocycles. The number of methoxy groups -OCH3 is 3. The zero-order chi connectivity index (χ0) is 23.0. The van der Waals surface area contributed by atoms with Crippen LogP contribution >= 0.6 is 0 Å². The van der Waals surface area contributed by atoms with Crippen LogP contribution in [-0.2, 0) is 4.74 Å². The number of ether oxygens (including phenoxy) is 4. The van der Waals surface area contributed by atoms with Crippen molar-refractivity contribution in [3.8, 4) is 17.2 Å². The molecule has 1 fully saturated rings. The number of aromatic nitrogens is 1. The molecule has 0 amide bonds. The summed E-state index contributed by atoms with van der Waals surface area (Å²) in [7, 11) is 4.82. The molecule has 0 radical (unpaired) electrons. The van der Waals surface area contributed by atoms with Crippen LogP contribution in [0.3, 0.4) is 0 Å². The van der Waals surface area contributed by atoms with Gasteiger partial charge in [-0.05, 0) is 24.1 Å². The predicted octanol–water partition coefficient (Wildman–Crippen LogP) is 4.74. The molecule has 0 atom stereocenters. The Morgan fingerprint density at radius 3 is 2.45 bits per heavy atom. The molecule has 174 valence electrons. The number of hydrogen-bond acceptors (Lipinski definition) is 7. The summed E-state index contributed by atoms with van der Waals surface area (Å²) in [5.74, 6) is 1.76. The Bertz CT molecular complexity index is 1080. The molecule has 1 saturated heterocycles. The maximum atomic E-state index is 5.47. The van der Waals surface area contributed by atoms with Crippen molar-refractivity contribution in [3.63, 3.8) is 0 Å². The molecule has 1 aliphatic rings. The second-order valence-electron chi connectivity index (χ2n) is 7.82. The SMILES string of the molecule is COc1cc(Nc2ccnc3cc(/C=C/CCN4CCOCC4)ccc23)cc(OC)c1OC. The summed E-state index contributed by atoms with van der Waals surface area (Å²) in [6, 6.07) is 12.1. The molecule has 33 heavy (non-hydrogen) atoms. The van der Waals surface area contributed by atoms with Gasteiger partial charge in [0.05, 0.1) is 40.1 Å². The number of hydrogen-bond donors (Lipinski definition) is 1. The molecule has 0 saturated carbocycles. The molecule has 2 heterocycles. The number of nitrogens with zero attached hydrogens (tertiary/aromatic N) is 2. The summed E-state index contributed by atoms with van der Waals surface area (Å²) >= 11 is 0. The van der Waals surface area contributed by atoms with E-state index in [1.165, 1.54) is 0 Å². The van der Waals surface area contributed by atoms with E-state index in [1.54, 1.807) is 21.3 Å². The van der Waals surface area contributed by atoms with Crippen LogP contribution in [0.15, 0.2) is 48.7 Å². The minimum absolute atomic E-state index is 0.565. The van der Waals surface area contributed by atoms with Crippen molar-refractivity contribution in [1.82, 2.24) is 9.88 Å². The second kappa shape index (κ2) is 11.0.